The minimum absolute atomic E-state index is 0.179. The lowest BCUT2D eigenvalue weighted by Crippen LogP contribution is -2.10. The number of rotatable bonds is 5. The zero-order valence-electron chi connectivity index (χ0n) is 12.1. The summed E-state index contributed by atoms with van der Waals surface area (Å²) in [5.74, 6) is -0.434. The Balaban J connectivity index is 2.24. The number of ether oxygens (including phenoxy) is 1. The predicted octanol–water partition coefficient (Wildman–Crippen LogP) is 4.69. The topological polar surface area (TPSA) is 38.3 Å². The summed E-state index contributed by atoms with van der Waals surface area (Å²) >= 11 is 6.03. The van der Waals surface area contributed by atoms with Crippen LogP contribution in [0.5, 0.6) is 0 Å². The molecule has 0 aliphatic rings. The van der Waals surface area contributed by atoms with Crippen LogP contribution in [-0.4, -0.2) is 13.1 Å². The van der Waals surface area contributed by atoms with Gasteiger partial charge in [-0.2, -0.15) is 0 Å². The van der Waals surface area contributed by atoms with Crippen LogP contribution in [0.2, 0.25) is 5.02 Å². The minimum atomic E-state index is -0.434. The van der Waals surface area contributed by atoms with Gasteiger partial charge >= 0.3 is 5.97 Å². The van der Waals surface area contributed by atoms with Gasteiger partial charge in [0.1, 0.15) is 0 Å². The van der Waals surface area contributed by atoms with Gasteiger partial charge in [0.2, 0.25) is 0 Å². The number of anilines is 1. The first-order chi connectivity index (χ1) is 10.2. The molecule has 1 atom stereocenters. The Morgan fingerprint density at radius 2 is 1.95 bits per heavy atom. The standard InChI is InChI=1S/C17H18ClNO2/c1-3-16(12-7-5-4-6-8-12)19-13-9-10-15(18)14(11-13)17(20)21-2/h4-11,16,19H,3H2,1-2H3. The maximum Gasteiger partial charge on any atom is 0.339 e. The number of carbonyl (C=O) groups excluding carboxylic acids is 1. The molecule has 1 unspecified atom stereocenters. The molecule has 3 nitrogen and oxygen atoms in total. The molecule has 0 aromatic heterocycles. The van der Waals surface area contributed by atoms with Crippen LogP contribution in [0, 0.1) is 0 Å². The van der Waals surface area contributed by atoms with E-state index in [4.69, 9.17) is 16.3 Å². The molecule has 1 N–H and O–H groups in total. The van der Waals surface area contributed by atoms with Gasteiger partial charge in [-0.15, -0.1) is 0 Å². The van der Waals surface area contributed by atoms with Gasteiger partial charge in [-0.3, -0.25) is 0 Å². The number of hydrogen-bond donors (Lipinski definition) is 1. The second-order valence-corrected chi connectivity index (χ2v) is 5.11. The van der Waals surface area contributed by atoms with Crippen molar-refractivity contribution in [3.8, 4) is 0 Å². The van der Waals surface area contributed by atoms with E-state index in [0.29, 0.717) is 10.6 Å². The van der Waals surface area contributed by atoms with Crippen LogP contribution in [0.1, 0.15) is 35.3 Å². The van der Waals surface area contributed by atoms with Crippen molar-refractivity contribution in [2.24, 2.45) is 0 Å². The van der Waals surface area contributed by atoms with Crippen LogP contribution in [0.4, 0.5) is 5.69 Å². The number of nitrogens with one attached hydrogen (secondary N) is 1. The van der Waals surface area contributed by atoms with Gasteiger partial charge in [0.25, 0.3) is 0 Å². The van der Waals surface area contributed by atoms with Crippen molar-refractivity contribution in [1.29, 1.82) is 0 Å². The Morgan fingerprint density at radius 1 is 1.24 bits per heavy atom. The number of hydrogen-bond acceptors (Lipinski definition) is 3. The van der Waals surface area contributed by atoms with Crippen molar-refractivity contribution >= 4 is 23.3 Å². The van der Waals surface area contributed by atoms with Crippen LogP contribution < -0.4 is 5.32 Å². The SMILES string of the molecule is CCC(Nc1ccc(Cl)c(C(=O)OC)c1)c1ccccc1. The van der Waals surface area contributed by atoms with Crippen LogP contribution >= 0.6 is 11.6 Å². The molecular weight excluding hydrogens is 286 g/mol. The first-order valence-electron chi connectivity index (χ1n) is 6.85. The Labute approximate surface area is 129 Å². The van der Waals surface area contributed by atoms with Gasteiger partial charge in [0.05, 0.1) is 23.7 Å². The van der Waals surface area contributed by atoms with Gasteiger partial charge < -0.3 is 10.1 Å². The monoisotopic (exact) mass is 303 g/mol. The third-order valence-corrected chi connectivity index (χ3v) is 3.65. The average Bonchev–Trinajstić information content (AvgIpc) is 2.54. The Kier molecular flexibility index (Phi) is 5.23. The minimum Gasteiger partial charge on any atom is -0.465 e. The summed E-state index contributed by atoms with van der Waals surface area (Å²) in [4.78, 5) is 11.7. The molecule has 0 aliphatic carbocycles. The molecule has 0 spiro atoms. The summed E-state index contributed by atoms with van der Waals surface area (Å²) in [6.07, 6.45) is 0.931. The normalized spacial score (nSPS) is 11.8. The molecule has 0 heterocycles. The van der Waals surface area contributed by atoms with Crippen molar-refractivity contribution in [3.05, 3.63) is 64.7 Å². The number of halogens is 1. The largest absolute Gasteiger partial charge is 0.465 e. The van der Waals surface area contributed by atoms with Gasteiger partial charge in [0, 0.05) is 5.69 Å². The summed E-state index contributed by atoms with van der Waals surface area (Å²) in [6.45, 7) is 2.11. The third kappa shape index (κ3) is 3.76. The maximum atomic E-state index is 11.7. The van der Waals surface area contributed by atoms with E-state index in [0.717, 1.165) is 12.1 Å². The van der Waals surface area contributed by atoms with E-state index in [1.54, 1.807) is 12.1 Å². The molecule has 2 aromatic carbocycles. The molecule has 110 valence electrons. The second kappa shape index (κ2) is 7.14. The van der Waals surface area contributed by atoms with Gasteiger partial charge in [-0.05, 0) is 30.2 Å². The highest BCUT2D eigenvalue weighted by Crippen LogP contribution is 2.26. The number of methoxy groups -OCH3 is 1. The highest BCUT2D eigenvalue weighted by molar-refractivity contribution is 6.33. The van der Waals surface area contributed by atoms with Crippen molar-refractivity contribution in [3.63, 3.8) is 0 Å². The van der Waals surface area contributed by atoms with E-state index in [9.17, 15) is 4.79 Å². The third-order valence-electron chi connectivity index (χ3n) is 3.32. The fourth-order valence-corrected chi connectivity index (χ4v) is 2.38. The van der Waals surface area contributed by atoms with Crippen molar-refractivity contribution in [2.75, 3.05) is 12.4 Å². The molecule has 21 heavy (non-hydrogen) atoms. The van der Waals surface area contributed by atoms with Crippen LogP contribution in [0.15, 0.2) is 48.5 Å². The number of esters is 1. The van der Waals surface area contributed by atoms with Gasteiger partial charge in [0.15, 0.2) is 0 Å². The maximum absolute atomic E-state index is 11.7. The van der Waals surface area contributed by atoms with E-state index < -0.39 is 5.97 Å². The molecule has 0 radical (unpaired) electrons. The van der Waals surface area contributed by atoms with E-state index in [2.05, 4.69) is 24.4 Å². The fourth-order valence-electron chi connectivity index (χ4n) is 2.19. The Morgan fingerprint density at radius 3 is 2.57 bits per heavy atom. The molecule has 0 saturated carbocycles. The fraction of sp³-hybridized carbons (Fsp3) is 0.235. The van der Waals surface area contributed by atoms with Gasteiger partial charge in [-0.25, -0.2) is 4.79 Å². The van der Waals surface area contributed by atoms with Crippen molar-refractivity contribution in [1.82, 2.24) is 0 Å². The highest BCUT2D eigenvalue weighted by Gasteiger charge is 2.13. The molecule has 0 saturated heterocycles. The molecule has 2 rings (SSSR count). The summed E-state index contributed by atoms with van der Waals surface area (Å²) < 4.78 is 4.74. The highest BCUT2D eigenvalue weighted by atomic mass is 35.5. The summed E-state index contributed by atoms with van der Waals surface area (Å²) in [6, 6.07) is 15.7. The lowest BCUT2D eigenvalue weighted by Gasteiger charge is -2.19. The zero-order valence-corrected chi connectivity index (χ0v) is 12.9. The molecule has 0 bridgehead atoms. The summed E-state index contributed by atoms with van der Waals surface area (Å²) in [7, 11) is 1.34. The molecule has 0 aliphatic heterocycles. The second-order valence-electron chi connectivity index (χ2n) is 4.70. The lowest BCUT2D eigenvalue weighted by atomic mass is 10.0. The molecule has 0 amide bonds. The molecule has 0 fully saturated rings. The molecule has 4 heteroatoms. The summed E-state index contributed by atoms with van der Waals surface area (Å²) in [5.41, 5.74) is 2.41. The number of benzene rings is 2. The van der Waals surface area contributed by atoms with Gasteiger partial charge in [-0.1, -0.05) is 48.9 Å². The average molecular weight is 304 g/mol. The van der Waals surface area contributed by atoms with Crippen LogP contribution in [0.25, 0.3) is 0 Å². The van der Waals surface area contributed by atoms with E-state index in [1.807, 2.05) is 24.3 Å². The van der Waals surface area contributed by atoms with E-state index >= 15 is 0 Å². The van der Waals surface area contributed by atoms with Crippen molar-refractivity contribution in [2.45, 2.75) is 19.4 Å². The Bertz CT molecular complexity index is 613. The van der Waals surface area contributed by atoms with Crippen LogP contribution in [0.3, 0.4) is 0 Å². The molecular formula is C17H18ClNO2. The van der Waals surface area contributed by atoms with Crippen molar-refractivity contribution < 1.29 is 9.53 Å². The molecule has 2 aromatic rings. The number of carbonyl (C=O) groups is 1. The Hall–Kier alpha value is -2.00. The quantitative estimate of drug-likeness (QED) is 0.814. The van der Waals surface area contributed by atoms with E-state index in [1.165, 1.54) is 12.7 Å². The van der Waals surface area contributed by atoms with Crippen LogP contribution in [-0.2, 0) is 4.74 Å². The predicted molar refractivity (Wildman–Crippen MR) is 85.9 cm³/mol. The lowest BCUT2D eigenvalue weighted by molar-refractivity contribution is 0.0601. The first-order valence-corrected chi connectivity index (χ1v) is 7.22. The zero-order chi connectivity index (χ0) is 15.2. The summed E-state index contributed by atoms with van der Waals surface area (Å²) in [5, 5.41) is 3.81. The first kappa shape index (κ1) is 15.4. The smallest absolute Gasteiger partial charge is 0.339 e. The van der Waals surface area contributed by atoms with E-state index in [-0.39, 0.29) is 6.04 Å².